The van der Waals surface area contributed by atoms with Gasteiger partial charge in [-0.15, -0.1) is 0 Å². The molecule has 1 amide bonds. The second kappa shape index (κ2) is 4.97. The van der Waals surface area contributed by atoms with Crippen molar-refractivity contribution in [1.82, 2.24) is 0 Å². The largest absolute Gasteiger partial charge is 0.374 e. The van der Waals surface area contributed by atoms with E-state index in [1.807, 2.05) is 24.3 Å². The Balaban J connectivity index is 2.20. The van der Waals surface area contributed by atoms with Gasteiger partial charge in [-0.2, -0.15) is 0 Å². The highest BCUT2D eigenvalue weighted by molar-refractivity contribution is 7.91. The molecule has 1 aliphatic heterocycles. The van der Waals surface area contributed by atoms with Crippen molar-refractivity contribution in [1.29, 1.82) is 0 Å². The highest BCUT2D eigenvalue weighted by atomic mass is 32.2. The van der Waals surface area contributed by atoms with Crippen molar-refractivity contribution in [2.45, 2.75) is 6.92 Å². The average Bonchev–Trinajstić information content (AvgIpc) is 2.37. The van der Waals surface area contributed by atoms with Crippen molar-refractivity contribution in [2.75, 3.05) is 34.8 Å². The summed E-state index contributed by atoms with van der Waals surface area (Å²) >= 11 is 0. The number of nitrogens with zero attached hydrogens (tertiary/aromatic N) is 1. The number of sulfone groups is 1. The Morgan fingerprint density at radius 3 is 2.78 bits per heavy atom. The molecule has 0 fully saturated rings. The number of amides is 1. The number of hydrogen-bond acceptors (Lipinski definition) is 4. The molecule has 1 N–H and O–H groups in total. The molecule has 0 aromatic heterocycles. The van der Waals surface area contributed by atoms with Crippen molar-refractivity contribution >= 4 is 27.1 Å². The first-order valence-electron chi connectivity index (χ1n) is 5.87. The molecule has 1 aliphatic rings. The second-order valence-corrected chi connectivity index (χ2v) is 6.63. The van der Waals surface area contributed by atoms with Crippen molar-refractivity contribution in [3.63, 3.8) is 0 Å². The molecule has 0 bridgehead atoms. The molecule has 6 heteroatoms. The molecule has 98 valence electrons. The third kappa shape index (κ3) is 2.64. The molecule has 0 radical (unpaired) electrons. The van der Waals surface area contributed by atoms with Gasteiger partial charge in [0, 0.05) is 12.3 Å². The first-order valence-corrected chi connectivity index (χ1v) is 7.69. The lowest BCUT2D eigenvalue weighted by atomic mass is 10.2. The number of nitrogens with one attached hydrogen (secondary N) is 1. The van der Waals surface area contributed by atoms with Gasteiger partial charge in [0.05, 0.1) is 23.7 Å². The Hall–Kier alpha value is -1.56. The molecule has 0 saturated heterocycles. The maximum atomic E-state index is 11.8. The summed E-state index contributed by atoms with van der Waals surface area (Å²) < 4.78 is 23.0. The number of benzene rings is 1. The van der Waals surface area contributed by atoms with E-state index in [9.17, 15) is 13.2 Å². The van der Waals surface area contributed by atoms with Crippen molar-refractivity contribution in [3.05, 3.63) is 24.3 Å². The van der Waals surface area contributed by atoms with Gasteiger partial charge < -0.3 is 10.2 Å². The van der Waals surface area contributed by atoms with Crippen molar-refractivity contribution in [2.24, 2.45) is 0 Å². The zero-order valence-corrected chi connectivity index (χ0v) is 11.0. The van der Waals surface area contributed by atoms with Gasteiger partial charge in [-0.05, 0) is 12.1 Å². The lowest BCUT2D eigenvalue weighted by Gasteiger charge is -2.30. The normalized spacial score (nSPS) is 15.2. The fraction of sp³-hybridized carbons (Fsp3) is 0.417. The summed E-state index contributed by atoms with van der Waals surface area (Å²) in [5.41, 5.74) is 1.62. The van der Waals surface area contributed by atoms with Crippen LogP contribution >= 0.6 is 0 Å². The fourth-order valence-electron chi connectivity index (χ4n) is 1.88. The summed E-state index contributed by atoms with van der Waals surface area (Å²) in [5, 5.41) is 3.01. The fourth-order valence-corrected chi connectivity index (χ4v) is 2.63. The summed E-state index contributed by atoms with van der Waals surface area (Å²) in [7, 11) is -3.06. The topological polar surface area (TPSA) is 66.5 Å². The van der Waals surface area contributed by atoms with Crippen LogP contribution in [0.15, 0.2) is 24.3 Å². The number of rotatable bonds is 4. The maximum absolute atomic E-state index is 11.8. The standard InChI is InChI=1S/C12H16N2O3S/c1-2-18(16,17)8-7-14-11-6-4-3-5-10(11)13-9-12(14)15/h3-6,13H,2,7-9H2,1H3. The molecule has 2 rings (SSSR count). The first-order chi connectivity index (χ1) is 8.53. The van der Waals surface area contributed by atoms with Crippen LogP contribution in [0.3, 0.4) is 0 Å². The minimum atomic E-state index is -3.06. The molecule has 1 aromatic carbocycles. The van der Waals surface area contributed by atoms with Crippen molar-refractivity contribution in [3.8, 4) is 0 Å². The number of anilines is 2. The van der Waals surface area contributed by atoms with Crippen LogP contribution < -0.4 is 10.2 Å². The van der Waals surface area contributed by atoms with E-state index < -0.39 is 9.84 Å². The van der Waals surface area contributed by atoms with Gasteiger partial charge in [0.25, 0.3) is 0 Å². The third-order valence-corrected chi connectivity index (χ3v) is 4.68. The highest BCUT2D eigenvalue weighted by Gasteiger charge is 2.24. The maximum Gasteiger partial charge on any atom is 0.246 e. The Bertz CT molecular complexity index is 554. The van der Waals surface area contributed by atoms with Crippen LogP contribution in [0.4, 0.5) is 11.4 Å². The van der Waals surface area contributed by atoms with E-state index in [-0.39, 0.29) is 30.5 Å². The van der Waals surface area contributed by atoms with Gasteiger partial charge in [0.2, 0.25) is 5.91 Å². The first kappa shape index (κ1) is 12.9. The number of fused-ring (bicyclic) bond motifs is 1. The predicted octanol–water partition coefficient (Wildman–Crippen LogP) is 0.880. The van der Waals surface area contributed by atoms with E-state index in [1.54, 1.807) is 11.8 Å². The SMILES string of the molecule is CCS(=O)(=O)CCN1C(=O)CNc2ccccc21. The zero-order chi connectivity index (χ0) is 13.2. The minimum absolute atomic E-state index is 0.00355. The van der Waals surface area contributed by atoms with Crippen LogP contribution in [-0.4, -0.2) is 38.9 Å². The Kier molecular flexibility index (Phi) is 3.56. The van der Waals surface area contributed by atoms with E-state index >= 15 is 0 Å². The second-order valence-electron chi connectivity index (χ2n) is 4.15. The molecular formula is C12H16N2O3S. The number of carbonyl (C=O) groups excluding carboxylic acids is 1. The lowest BCUT2D eigenvalue weighted by molar-refractivity contribution is -0.117. The molecule has 0 unspecified atom stereocenters. The van der Waals surface area contributed by atoms with Crippen LogP contribution in [0.5, 0.6) is 0 Å². The smallest absolute Gasteiger partial charge is 0.246 e. The quantitative estimate of drug-likeness (QED) is 0.880. The summed E-state index contributed by atoms with van der Waals surface area (Å²) in [6, 6.07) is 7.41. The van der Waals surface area contributed by atoms with E-state index in [0.29, 0.717) is 0 Å². The predicted molar refractivity (Wildman–Crippen MR) is 71.6 cm³/mol. The minimum Gasteiger partial charge on any atom is -0.374 e. The van der Waals surface area contributed by atoms with Gasteiger partial charge >= 0.3 is 0 Å². The van der Waals surface area contributed by atoms with E-state index in [1.165, 1.54) is 0 Å². The molecule has 1 heterocycles. The van der Waals surface area contributed by atoms with Crippen molar-refractivity contribution < 1.29 is 13.2 Å². The van der Waals surface area contributed by atoms with Gasteiger partial charge in [0.15, 0.2) is 9.84 Å². The van der Waals surface area contributed by atoms with Gasteiger partial charge in [-0.25, -0.2) is 8.42 Å². The van der Waals surface area contributed by atoms with E-state index in [2.05, 4.69) is 5.32 Å². The van der Waals surface area contributed by atoms with Crippen LogP contribution in [0.2, 0.25) is 0 Å². The highest BCUT2D eigenvalue weighted by Crippen LogP contribution is 2.28. The van der Waals surface area contributed by atoms with E-state index in [0.717, 1.165) is 11.4 Å². The molecule has 5 nitrogen and oxygen atoms in total. The summed E-state index contributed by atoms with van der Waals surface area (Å²) in [4.78, 5) is 13.4. The zero-order valence-electron chi connectivity index (χ0n) is 10.2. The summed E-state index contributed by atoms with van der Waals surface area (Å²) in [6.07, 6.45) is 0. The Morgan fingerprint density at radius 1 is 1.33 bits per heavy atom. The van der Waals surface area contributed by atoms with Crippen LogP contribution in [0.1, 0.15) is 6.92 Å². The monoisotopic (exact) mass is 268 g/mol. The van der Waals surface area contributed by atoms with E-state index in [4.69, 9.17) is 0 Å². The molecular weight excluding hydrogens is 252 g/mol. The van der Waals surface area contributed by atoms with Gasteiger partial charge in [-0.3, -0.25) is 4.79 Å². The third-order valence-electron chi connectivity index (χ3n) is 2.99. The molecule has 18 heavy (non-hydrogen) atoms. The Labute approximate surface area is 107 Å². The number of carbonyl (C=O) groups is 1. The van der Waals surface area contributed by atoms with Crippen LogP contribution in [0, 0.1) is 0 Å². The summed E-state index contributed by atoms with van der Waals surface area (Å²) in [6.45, 7) is 2.04. The van der Waals surface area contributed by atoms with Gasteiger partial charge in [0.1, 0.15) is 0 Å². The molecule has 0 aliphatic carbocycles. The number of hydrogen-bond donors (Lipinski definition) is 1. The molecule has 0 saturated carbocycles. The average molecular weight is 268 g/mol. The van der Waals surface area contributed by atoms with Crippen LogP contribution in [-0.2, 0) is 14.6 Å². The number of para-hydroxylation sites is 2. The van der Waals surface area contributed by atoms with Gasteiger partial charge in [-0.1, -0.05) is 19.1 Å². The Morgan fingerprint density at radius 2 is 2.06 bits per heavy atom. The van der Waals surface area contributed by atoms with Crippen LogP contribution in [0.25, 0.3) is 0 Å². The molecule has 1 aromatic rings. The summed E-state index contributed by atoms with van der Waals surface area (Å²) in [5.74, 6) is 0.0124. The lowest BCUT2D eigenvalue weighted by Crippen LogP contribution is -2.42. The molecule has 0 spiro atoms. The molecule has 0 atom stereocenters.